The molecule has 1 heterocycles. The molecule has 0 N–H and O–H groups in total. The average Bonchev–Trinajstić information content (AvgIpc) is 2.88. The fourth-order valence-corrected chi connectivity index (χ4v) is 2.20. The number of carbonyl (C=O) groups is 1. The van der Waals surface area contributed by atoms with E-state index in [2.05, 4.69) is 4.99 Å². The molecule has 0 aromatic heterocycles. The van der Waals surface area contributed by atoms with E-state index in [1.807, 2.05) is 31.2 Å². The molecular weight excluding hydrogens is 296 g/mol. The van der Waals surface area contributed by atoms with Crippen molar-refractivity contribution in [1.82, 2.24) is 0 Å². The van der Waals surface area contributed by atoms with Crippen LogP contribution >= 0.6 is 0 Å². The quantitative estimate of drug-likeness (QED) is 0.377. The lowest BCUT2D eigenvalue weighted by atomic mass is 10.1. The summed E-state index contributed by atoms with van der Waals surface area (Å²) in [4.78, 5) is 26.4. The molecular formula is C17H12N2O4. The Hall–Kier alpha value is -3.28. The number of benzene rings is 2. The van der Waals surface area contributed by atoms with E-state index in [0.717, 1.165) is 11.1 Å². The number of cyclic esters (lactones) is 1. The largest absolute Gasteiger partial charge is 0.402 e. The maximum atomic E-state index is 11.9. The number of carbonyl (C=O) groups excluding carboxylic acids is 1. The van der Waals surface area contributed by atoms with Gasteiger partial charge in [0.15, 0.2) is 5.70 Å². The van der Waals surface area contributed by atoms with Crippen LogP contribution in [0.4, 0.5) is 5.69 Å². The predicted molar refractivity (Wildman–Crippen MR) is 84.9 cm³/mol. The van der Waals surface area contributed by atoms with Gasteiger partial charge in [0, 0.05) is 17.7 Å². The molecule has 0 saturated heterocycles. The highest BCUT2D eigenvalue weighted by Crippen LogP contribution is 2.21. The molecule has 6 nitrogen and oxygen atoms in total. The number of esters is 1. The molecule has 0 spiro atoms. The second-order valence-corrected chi connectivity index (χ2v) is 5.06. The highest BCUT2D eigenvalue weighted by atomic mass is 16.6. The van der Waals surface area contributed by atoms with E-state index in [1.54, 1.807) is 12.1 Å². The highest BCUT2D eigenvalue weighted by molar-refractivity contribution is 6.13. The van der Waals surface area contributed by atoms with Crippen molar-refractivity contribution in [1.29, 1.82) is 0 Å². The zero-order chi connectivity index (χ0) is 16.4. The van der Waals surface area contributed by atoms with Crippen molar-refractivity contribution in [2.75, 3.05) is 0 Å². The van der Waals surface area contributed by atoms with Gasteiger partial charge in [-0.3, -0.25) is 10.1 Å². The van der Waals surface area contributed by atoms with Crippen molar-refractivity contribution in [3.8, 4) is 0 Å². The molecule has 0 amide bonds. The highest BCUT2D eigenvalue weighted by Gasteiger charge is 2.25. The topological polar surface area (TPSA) is 81.8 Å². The number of aryl methyl sites for hydroxylation is 1. The number of hydrogen-bond donors (Lipinski definition) is 0. The van der Waals surface area contributed by atoms with Crippen LogP contribution in [-0.4, -0.2) is 16.8 Å². The van der Waals surface area contributed by atoms with E-state index in [4.69, 9.17) is 4.74 Å². The molecule has 23 heavy (non-hydrogen) atoms. The summed E-state index contributed by atoms with van der Waals surface area (Å²) in [6.07, 6.45) is 1.62. The van der Waals surface area contributed by atoms with Crippen molar-refractivity contribution in [3.63, 3.8) is 0 Å². The van der Waals surface area contributed by atoms with Gasteiger partial charge in [-0.25, -0.2) is 9.79 Å². The van der Waals surface area contributed by atoms with Gasteiger partial charge in [0.1, 0.15) is 0 Å². The molecule has 0 fully saturated rings. The fourth-order valence-electron chi connectivity index (χ4n) is 2.20. The molecule has 6 heteroatoms. The summed E-state index contributed by atoms with van der Waals surface area (Å²) in [6.45, 7) is 1.95. The third-order valence-corrected chi connectivity index (χ3v) is 3.27. The number of nitro groups is 1. The van der Waals surface area contributed by atoms with Gasteiger partial charge in [-0.15, -0.1) is 0 Å². The van der Waals surface area contributed by atoms with E-state index < -0.39 is 10.9 Å². The summed E-state index contributed by atoms with van der Waals surface area (Å²) in [5.41, 5.74) is 2.37. The second-order valence-electron chi connectivity index (χ2n) is 5.06. The van der Waals surface area contributed by atoms with Crippen molar-refractivity contribution in [3.05, 3.63) is 81.0 Å². The minimum atomic E-state index is -0.576. The Balaban J connectivity index is 1.95. The van der Waals surface area contributed by atoms with E-state index in [0.29, 0.717) is 5.56 Å². The minimum Gasteiger partial charge on any atom is -0.402 e. The van der Waals surface area contributed by atoms with Gasteiger partial charge in [-0.05, 0) is 24.6 Å². The van der Waals surface area contributed by atoms with E-state index in [-0.39, 0.29) is 17.3 Å². The first-order valence-corrected chi connectivity index (χ1v) is 6.87. The number of aliphatic imine (C=N–C) groups is 1. The summed E-state index contributed by atoms with van der Waals surface area (Å²) < 4.78 is 5.12. The van der Waals surface area contributed by atoms with E-state index >= 15 is 0 Å². The van der Waals surface area contributed by atoms with Crippen molar-refractivity contribution in [2.45, 2.75) is 6.92 Å². The van der Waals surface area contributed by atoms with Gasteiger partial charge < -0.3 is 4.74 Å². The van der Waals surface area contributed by atoms with Crippen LogP contribution in [0.3, 0.4) is 0 Å². The first kappa shape index (κ1) is 14.6. The molecule has 3 rings (SSSR count). The second kappa shape index (κ2) is 5.84. The van der Waals surface area contributed by atoms with Crippen LogP contribution in [0.2, 0.25) is 0 Å². The molecule has 2 aromatic carbocycles. The Morgan fingerprint density at radius 3 is 2.70 bits per heavy atom. The molecule has 0 radical (unpaired) electrons. The molecule has 0 unspecified atom stereocenters. The van der Waals surface area contributed by atoms with Crippen LogP contribution < -0.4 is 0 Å². The maximum Gasteiger partial charge on any atom is 0.363 e. The van der Waals surface area contributed by atoms with Crippen LogP contribution in [0.25, 0.3) is 6.08 Å². The Morgan fingerprint density at radius 1 is 1.17 bits per heavy atom. The minimum absolute atomic E-state index is 0.0672. The van der Waals surface area contributed by atoms with Crippen molar-refractivity contribution >= 4 is 23.6 Å². The predicted octanol–water partition coefficient (Wildman–Crippen LogP) is 3.25. The van der Waals surface area contributed by atoms with Gasteiger partial charge >= 0.3 is 5.97 Å². The van der Waals surface area contributed by atoms with Crippen molar-refractivity contribution < 1.29 is 14.5 Å². The zero-order valence-corrected chi connectivity index (χ0v) is 12.2. The Morgan fingerprint density at radius 2 is 1.96 bits per heavy atom. The lowest BCUT2D eigenvalue weighted by Gasteiger charge is -1.98. The summed E-state index contributed by atoms with van der Waals surface area (Å²) >= 11 is 0. The first-order chi connectivity index (χ1) is 11.0. The number of nitrogens with zero attached hydrogens (tertiary/aromatic N) is 2. The van der Waals surface area contributed by atoms with Crippen LogP contribution in [-0.2, 0) is 9.53 Å². The maximum absolute atomic E-state index is 11.9. The summed E-state index contributed by atoms with van der Waals surface area (Å²) in [5, 5.41) is 10.8. The van der Waals surface area contributed by atoms with Crippen molar-refractivity contribution in [2.24, 2.45) is 4.99 Å². The SMILES string of the molecule is Cc1cccc(/C=C2\N=C(c3cccc([N+](=O)[O-])c3)OC2=O)c1. The first-order valence-electron chi connectivity index (χ1n) is 6.87. The van der Waals surface area contributed by atoms with Crippen LogP contribution in [0.1, 0.15) is 16.7 Å². The molecule has 0 aliphatic carbocycles. The number of rotatable bonds is 3. The fraction of sp³-hybridized carbons (Fsp3) is 0.0588. The van der Waals surface area contributed by atoms with Gasteiger partial charge in [0.25, 0.3) is 5.69 Å². The summed E-state index contributed by atoms with van der Waals surface area (Å²) in [6, 6.07) is 13.4. The Kier molecular flexibility index (Phi) is 3.72. The third kappa shape index (κ3) is 3.16. The van der Waals surface area contributed by atoms with Crippen LogP contribution in [0, 0.1) is 17.0 Å². The summed E-state index contributed by atoms with van der Waals surface area (Å²) in [5.74, 6) is -0.509. The lowest BCUT2D eigenvalue weighted by Crippen LogP contribution is -2.05. The molecule has 114 valence electrons. The molecule has 2 aromatic rings. The summed E-state index contributed by atoms with van der Waals surface area (Å²) in [7, 11) is 0. The number of ether oxygens (including phenoxy) is 1. The van der Waals surface area contributed by atoms with Crippen LogP contribution in [0.5, 0.6) is 0 Å². The number of hydrogen-bond acceptors (Lipinski definition) is 5. The average molecular weight is 308 g/mol. The smallest absolute Gasteiger partial charge is 0.363 e. The molecule has 1 aliphatic heterocycles. The van der Waals surface area contributed by atoms with Gasteiger partial charge in [-0.2, -0.15) is 0 Å². The Bertz CT molecular complexity index is 868. The normalized spacial score (nSPS) is 15.4. The lowest BCUT2D eigenvalue weighted by molar-refractivity contribution is -0.384. The standard InChI is InChI=1S/C17H12N2O4/c1-11-4-2-5-12(8-11)9-15-17(20)23-16(18-15)13-6-3-7-14(10-13)19(21)22/h2-10H,1H3/b15-9-. The number of non-ortho nitro benzene ring substituents is 1. The molecule has 0 atom stereocenters. The van der Waals surface area contributed by atoms with Gasteiger partial charge in [0.05, 0.1) is 4.92 Å². The molecule has 0 bridgehead atoms. The number of nitro benzene ring substituents is 1. The van der Waals surface area contributed by atoms with E-state index in [1.165, 1.54) is 18.2 Å². The third-order valence-electron chi connectivity index (χ3n) is 3.27. The Labute approximate surface area is 131 Å². The van der Waals surface area contributed by atoms with Gasteiger partial charge in [0.2, 0.25) is 5.90 Å². The monoisotopic (exact) mass is 308 g/mol. The molecule has 1 aliphatic rings. The zero-order valence-electron chi connectivity index (χ0n) is 12.2. The van der Waals surface area contributed by atoms with E-state index in [9.17, 15) is 14.9 Å². The van der Waals surface area contributed by atoms with Gasteiger partial charge in [-0.1, -0.05) is 35.9 Å². The molecule has 0 saturated carbocycles. The van der Waals surface area contributed by atoms with Crippen LogP contribution in [0.15, 0.2) is 59.2 Å².